The van der Waals surface area contributed by atoms with Crippen molar-refractivity contribution in [3.63, 3.8) is 0 Å². The average Bonchev–Trinajstić information content (AvgIpc) is 2.84. The lowest BCUT2D eigenvalue weighted by atomic mass is 10.0. The molecule has 1 saturated carbocycles. The lowest BCUT2D eigenvalue weighted by molar-refractivity contribution is 0.0697. The summed E-state index contributed by atoms with van der Waals surface area (Å²) in [4.78, 5) is 10.6. The molecular formula is C11H13NO2. The molecule has 1 aromatic rings. The van der Waals surface area contributed by atoms with Crippen LogP contribution in [0.5, 0.6) is 0 Å². The lowest BCUT2D eigenvalue weighted by Gasteiger charge is -2.07. The largest absolute Gasteiger partial charge is 0.478 e. The highest BCUT2D eigenvalue weighted by Crippen LogP contribution is 2.35. The normalized spacial score (nSPS) is 17.8. The van der Waals surface area contributed by atoms with Crippen LogP contribution >= 0.6 is 0 Å². The van der Waals surface area contributed by atoms with Crippen molar-refractivity contribution < 1.29 is 9.90 Å². The zero-order valence-electron chi connectivity index (χ0n) is 7.86. The van der Waals surface area contributed by atoms with Crippen LogP contribution < -0.4 is 5.73 Å². The van der Waals surface area contributed by atoms with Gasteiger partial charge in [-0.3, -0.25) is 0 Å². The first-order valence-corrected chi connectivity index (χ1v) is 4.70. The molecule has 0 aliphatic heterocycles. The Kier molecular flexibility index (Phi) is 2.04. The number of hydrogen-bond donors (Lipinski definition) is 2. The topological polar surface area (TPSA) is 63.3 Å². The van der Waals surface area contributed by atoms with Crippen LogP contribution in [0.2, 0.25) is 0 Å². The molecule has 0 saturated heterocycles. The van der Waals surface area contributed by atoms with Crippen molar-refractivity contribution in [2.24, 2.45) is 5.73 Å². The van der Waals surface area contributed by atoms with Gasteiger partial charge in [0.2, 0.25) is 0 Å². The van der Waals surface area contributed by atoms with Gasteiger partial charge < -0.3 is 10.8 Å². The quantitative estimate of drug-likeness (QED) is 0.759. The highest BCUT2D eigenvalue weighted by molar-refractivity contribution is 5.87. The summed E-state index contributed by atoms with van der Waals surface area (Å²) in [5.41, 5.74) is 7.40. The van der Waals surface area contributed by atoms with E-state index in [4.69, 9.17) is 10.8 Å². The van der Waals surface area contributed by atoms with E-state index in [-0.39, 0.29) is 5.54 Å². The van der Waals surface area contributed by atoms with Gasteiger partial charge in [-0.05, 0) is 37.0 Å². The Balaban J connectivity index is 2.10. The van der Waals surface area contributed by atoms with Crippen LogP contribution in [0.4, 0.5) is 0 Å². The summed E-state index contributed by atoms with van der Waals surface area (Å²) in [5.74, 6) is -0.884. The Labute approximate surface area is 82.5 Å². The number of rotatable bonds is 3. The maximum absolute atomic E-state index is 10.6. The summed E-state index contributed by atoms with van der Waals surface area (Å²) in [7, 11) is 0. The van der Waals surface area contributed by atoms with Gasteiger partial charge in [-0.1, -0.05) is 12.1 Å². The second-order valence-corrected chi connectivity index (χ2v) is 4.04. The van der Waals surface area contributed by atoms with Gasteiger partial charge >= 0.3 is 5.97 Å². The van der Waals surface area contributed by atoms with E-state index in [1.165, 1.54) is 0 Å². The van der Waals surface area contributed by atoms with Crippen LogP contribution in [-0.2, 0) is 6.42 Å². The van der Waals surface area contributed by atoms with Crippen molar-refractivity contribution in [1.82, 2.24) is 0 Å². The Morgan fingerprint density at radius 2 is 1.93 bits per heavy atom. The van der Waals surface area contributed by atoms with E-state index in [1.807, 2.05) is 12.1 Å². The third-order valence-electron chi connectivity index (χ3n) is 2.65. The second-order valence-electron chi connectivity index (χ2n) is 4.04. The Morgan fingerprint density at radius 1 is 1.36 bits per heavy atom. The molecule has 1 aromatic carbocycles. The molecule has 1 aliphatic carbocycles. The Hall–Kier alpha value is -1.35. The van der Waals surface area contributed by atoms with E-state index in [9.17, 15) is 4.79 Å². The van der Waals surface area contributed by atoms with Crippen molar-refractivity contribution in [3.05, 3.63) is 35.4 Å². The maximum Gasteiger partial charge on any atom is 0.335 e. The third-order valence-corrected chi connectivity index (χ3v) is 2.65. The van der Waals surface area contributed by atoms with Crippen molar-refractivity contribution >= 4 is 5.97 Å². The number of carbonyl (C=O) groups is 1. The fourth-order valence-electron chi connectivity index (χ4n) is 1.51. The summed E-state index contributed by atoms with van der Waals surface area (Å²) in [6, 6.07) is 6.94. The molecule has 0 bridgehead atoms. The zero-order chi connectivity index (χ0) is 10.2. The number of carboxylic acid groups (broad SMARTS) is 1. The Bertz CT molecular complexity index is 352. The van der Waals surface area contributed by atoms with Crippen LogP contribution in [0.15, 0.2) is 24.3 Å². The molecule has 74 valence electrons. The molecule has 14 heavy (non-hydrogen) atoms. The van der Waals surface area contributed by atoms with Crippen molar-refractivity contribution in [1.29, 1.82) is 0 Å². The lowest BCUT2D eigenvalue weighted by Crippen LogP contribution is -2.24. The molecule has 3 heteroatoms. The minimum absolute atomic E-state index is 0.00919. The van der Waals surface area contributed by atoms with Gasteiger partial charge in [-0.25, -0.2) is 4.79 Å². The highest BCUT2D eigenvalue weighted by Gasteiger charge is 2.37. The minimum Gasteiger partial charge on any atom is -0.478 e. The summed E-state index contributed by atoms with van der Waals surface area (Å²) in [6.07, 6.45) is 3.01. The molecule has 1 fully saturated rings. The van der Waals surface area contributed by atoms with E-state index < -0.39 is 5.97 Å². The van der Waals surface area contributed by atoms with Gasteiger partial charge in [0.05, 0.1) is 5.56 Å². The van der Waals surface area contributed by atoms with Crippen LogP contribution in [0, 0.1) is 0 Å². The van der Waals surface area contributed by atoms with Gasteiger partial charge in [0.15, 0.2) is 0 Å². The second kappa shape index (κ2) is 3.10. The SMILES string of the molecule is NC1(Cc2ccc(C(=O)O)cc2)CC1. The molecular weight excluding hydrogens is 178 g/mol. The molecule has 0 aromatic heterocycles. The smallest absolute Gasteiger partial charge is 0.335 e. The molecule has 3 N–H and O–H groups in total. The fourth-order valence-corrected chi connectivity index (χ4v) is 1.51. The van der Waals surface area contributed by atoms with Crippen LogP contribution in [0.25, 0.3) is 0 Å². The summed E-state index contributed by atoms with van der Waals surface area (Å²) >= 11 is 0. The molecule has 0 amide bonds. The predicted molar refractivity (Wildman–Crippen MR) is 53.3 cm³/mol. The van der Waals surface area contributed by atoms with Crippen LogP contribution in [-0.4, -0.2) is 16.6 Å². The molecule has 0 spiro atoms. The van der Waals surface area contributed by atoms with Crippen LogP contribution in [0.1, 0.15) is 28.8 Å². The van der Waals surface area contributed by atoms with Crippen LogP contribution in [0.3, 0.4) is 0 Å². The van der Waals surface area contributed by atoms with E-state index in [1.54, 1.807) is 12.1 Å². The van der Waals surface area contributed by atoms with E-state index in [0.29, 0.717) is 5.56 Å². The number of aromatic carboxylic acids is 1. The van der Waals surface area contributed by atoms with E-state index in [0.717, 1.165) is 24.8 Å². The predicted octanol–water partition coefficient (Wildman–Crippen LogP) is 1.42. The van der Waals surface area contributed by atoms with Gasteiger partial charge in [-0.2, -0.15) is 0 Å². The first kappa shape index (κ1) is 9.21. The van der Waals surface area contributed by atoms with Gasteiger partial charge in [-0.15, -0.1) is 0 Å². The van der Waals surface area contributed by atoms with Crippen molar-refractivity contribution in [2.75, 3.05) is 0 Å². The minimum atomic E-state index is -0.884. The fraction of sp³-hybridized carbons (Fsp3) is 0.364. The molecule has 3 nitrogen and oxygen atoms in total. The molecule has 0 heterocycles. The van der Waals surface area contributed by atoms with E-state index in [2.05, 4.69) is 0 Å². The number of benzene rings is 1. The van der Waals surface area contributed by atoms with Crippen molar-refractivity contribution in [2.45, 2.75) is 24.8 Å². The average molecular weight is 191 g/mol. The van der Waals surface area contributed by atoms with Crippen molar-refractivity contribution in [3.8, 4) is 0 Å². The first-order valence-electron chi connectivity index (χ1n) is 4.70. The van der Waals surface area contributed by atoms with Gasteiger partial charge in [0.1, 0.15) is 0 Å². The number of nitrogens with two attached hydrogens (primary N) is 1. The van der Waals surface area contributed by atoms with E-state index >= 15 is 0 Å². The first-order chi connectivity index (χ1) is 6.59. The molecule has 2 rings (SSSR count). The maximum atomic E-state index is 10.6. The number of hydrogen-bond acceptors (Lipinski definition) is 2. The molecule has 0 radical (unpaired) electrons. The summed E-state index contributed by atoms with van der Waals surface area (Å²) in [5, 5.41) is 8.70. The summed E-state index contributed by atoms with van der Waals surface area (Å²) < 4.78 is 0. The Morgan fingerprint density at radius 3 is 2.36 bits per heavy atom. The number of carboxylic acids is 1. The van der Waals surface area contributed by atoms with Gasteiger partial charge in [0.25, 0.3) is 0 Å². The highest BCUT2D eigenvalue weighted by atomic mass is 16.4. The molecule has 0 unspecified atom stereocenters. The standard InChI is InChI=1S/C11H13NO2/c12-11(5-6-11)7-8-1-3-9(4-2-8)10(13)14/h1-4H,5-7,12H2,(H,13,14). The zero-order valence-corrected chi connectivity index (χ0v) is 7.86. The molecule has 1 aliphatic rings. The third kappa shape index (κ3) is 1.93. The van der Waals surface area contributed by atoms with Gasteiger partial charge in [0, 0.05) is 5.54 Å². The molecule has 0 atom stereocenters. The summed E-state index contributed by atoms with van der Waals surface area (Å²) in [6.45, 7) is 0. The monoisotopic (exact) mass is 191 g/mol.